The molecule has 25 heavy (non-hydrogen) atoms. The number of amides is 1. The number of carbonyl (C=O) groups excluding carboxylic acids is 1. The van der Waals surface area contributed by atoms with Crippen LogP contribution in [0.4, 0.5) is 4.39 Å². The Balaban J connectivity index is 2.27. The highest BCUT2D eigenvalue weighted by molar-refractivity contribution is 7.89. The van der Waals surface area contributed by atoms with Crippen molar-refractivity contribution in [2.24, 2.45) is 0 Å². The van der Waals surface area contributed by atoms with Crippen LogP contribution in [-0.2, 0) is 16.6 Å². The summed E-state index contributed by atoms with van der Waals surface area (Å²) >= 11 is 0. The highest BCUT2D eigenvalue weighted by Crippen LogP contribution is 2.18. The lowest BCUT2D eigenvalue weighted by Crippen LogP contribution is -2.31. The monoisotopic (exact) mass is 364 g/mol. The first-order valence-electron chi connectivity index (χ1n) is 7.82. The number of hydrogen-bond donors (Lipinski definition) is 1. The van der Waals surface area contributed by atoms with E-state index < -0.39 is 20.7 Å². The third kappa shape index (κ3) is 4.87. The number of carbonyl (C=O) groups is 1. The Morgan fingerprint density at radius 2 is 1.80 bits per heavy atom. The Bertz CT molecular complexity index is 852. The van der Waals surface area contributed by atoms with E-state index in [9.17, 15) is 17.6 Å². The molecule has 1 amide bonds. The topological polar surface area (TPSA) is 66.5 Å². The molecule has 134 valence electrons. The van der Waals surface area contributed by atoms with Crippen LogP contribution in [0.25, 0.3) is 0 Å². The zero-order valence-corrected chi connectivity index (χ0v) is 15.2. The van der Waals surface area contributed by atoms with Gasteiger partial charge in [0.15, 0.2) is 0 Å². The highest BCUT2D eigenvalue weighted by Gasteiger charge is 2.23. The minimum atomic E-state index is -4.03. The standard InChI is InChI=1S/C18H21FN2O3S/c1-13(2)20-25(23,24)17-11-15(9-10-16(17)19)18(22)21(3)12-14-7-5-4-6-8-14/h4-11,13,20H,12H2,1-3H3. The molecule has 0 aromatic heterocycles. The average Bonchev–Trinajstić information content (AvgIpc) is 2.54. The molecule has 0 saturated carbocycles. The quantitative estimate of drug-likeness (QED) is 0.857. The second kappa shape index (κ2) is 7.76. The van der Waals surface area contributed by atoms with Gasteiger partial charge in [-0.2, -0.15) is 0 Å². The van der Waals surface area contributed by atoms with Gasteiger partial charge in [0.2, 0.25) is 10.0 Å². The van der Waals surface area contributed by atoms with Crippen molar-refractivity contribution in [2.75, 3.05) is 7.05 Å². The van der Waals surface area contributed by atoms with Crippen LogP contribution in [0.3, 0.4) is 0 Å². The fraction of sp³-hybridized carbons (Fsp3) is 0.278. The molecule has 0 atom stereocenters. The Kier molecular flexibility index (Phi) is 5.92. The van der Waals surface area contributed by atoms with E-state index >= 15 is 0 Å². The van der Waals surface area contributed by atoms with Gasteiger partial charge in [-0.25, -0.2) is 17.5 Å². The zero-order chi connectivity index (χ0) is 18.6. The molecule has 0 saturated heterocycles. The molecule has 1 N–H and O–H groups in total. The van der Waals surface area contributed by atoms with Gasteiger partial charge < -0.3 is 4.90 Å². The largest absolute Gasteiger partial charge is 0.337 e. The second-order valence-electron chi connectivity index (χ2n) is 6.07. The van der Waals surface area contributed by atoms with E-state index in [1.54, 1.807) is 20.9 Å². The Morgan fingerprint density at radius 1 is 1.16 bits per heavy atom. The summed E-state index contributed by atoms with van der Waals surface area (Å²) in [7, 11) is -2.42. The normalized spacial score (nSPS) is 11.6. The minimum absolute atomic E-state index is 0.115. The molecule has 0 aliphatic carbocycles. The molecule has 5 nitrogen and oxygen atoms in total. The molecule has 0 fully saturated rings. The molecule has 2 aromatic carbocycles. The molecular weight excluding hydrogens is 343 g/mol. The first-order valence-corrected chi connectivity index (χ1v) is 9.30. The van der Waals surface area contributed by atoms with Gasteiger partial charge in [0.05, 0.1) is 0 Å². The number of halogens is 1. The lowest BCUT2D eigenvalue weighted by Gasteiger charge is -2.18. The van der Waals surface area contributed by atoms with Crippen molar-refractivity contribution < 1.29 is 17.6 Å². The molecule has 0 bridgehead atoms. The van der Waals surface area contributed by atoms with Crippen LogP contribution >= 0.6 is 0 Å². The maximum absolute atomic E-state index is 14.0. The molecule has 0 aliphatic rings. The van der Waals surface area contributed by atoms with Crippen molar-refractivity contribution in [1.82, 2.24) is 9.62 Å². The van der Waals surface area contributed by atoms with Crippen molar-refractivity contribution in [2.45, 2.75) is 31.3 Å². The van der Waals surface area contributed by atoms with Crippen molar-refractivity contribution in [1.29, 1.82) is 0 Å². The molecule has 0 unspecified atom stereocenters. The maximum atomic E-state index is 14.0. The second-order valence-corrected chi connectivity index (χ2v) is 7.75. The number of hydrogen-bond acceptors (Lipinski definition) is 3. The third-order valence-corrected chi connectivity index (χ3v) is 5.14. The van der Waals surface area contributed by atoms with E-state index in [-0.39, 0.29) is 17.5 Å². The van der Waals surface area contributed by atoms with Gasteiger partial charge in [-0.3, -0.25) is 4.79 Å². The van der Waals surface area contributed by atoms with E-state index in [1.165, 1.54) is 11.0 Å². The van der Waals surface area contributed by atoms with Gasteiger partial charge >= 0.3 is 0 Å². The number of nitrogens with one attached hydrogen (secondary N) is 1. The van der Waals surface area contributed by atoms with Gasteiger partial charge in [0, 0.05) is 25.2 Å². The van der Waals surface area contributed by atoms with E-state index in [1.807, 2.05) is 30.3 Å². The molecule has 0 aliphatic heterocycles. The number of rotatable bonds is 6. The number of sulfonamides is 1. The molecule has 7 heteroatoms. The first-order chi connectivity index (χ1) is 11.7. The third-order valence-electron chi connectivity index (χ3n) is 3.47. The van der Waals surface area contributed by atoms with Crippen LogP contribution in [0.5, 0.6) is 0 Å². The summed E-state index contributed by atoms with van der Waals surface area (Å²) in [5.74, 6) is -1.28. The van der Waals surface area contributed by atoms with Crippen LogP contribution < -0.4 is 4.72 Å². The summed E-state index contributed by atoms with van der Waals surface area (Å²) in [5, 5.41) is 0. The number of nitrogens with zero attached hydrogens (tertiary/aromatic N) is 1. The molecule has 2 aromatic rings. The lowest BCUT2D eigenvalue weighted by atomic mass is 10.1. The summed E-state index contributed by atoms with van der Waals surface area (Å²) in [6.45, 7) is 3.64. The smallest absolute Gasteiger partial charge is 0.253 e. The van der Waals surface area contributed by atoms with Gasteiger partial charge in [-0.05, 0) is 37.6 Å². The van der Waals surface area contributed by atoms with E-state index in [0.717, 1.165) is 17.7 Å². The van der Waals surface area contributed by atoms with Gasteiger partial charge in [0.1, 0.15) is 10.7 Å². The SMILES string of the molecule is CC(C)NS(=O)(=O)c1cc(C(=O)N(C)Cc2ccccc2)ccc1F. The van der Waals surface area contributed by atoms with Crippen molar-refractivity contribution >= 4 is 15.9 Å². The van der Waals surface area contributed by atoms with Crippen LogP contribution in [0.1, 0.15) is 29.8 Å². The van der Waals surface area contributed by atoms with Gasteiger partial charge in [0.25, 0.3) is 5.91 Å². The molecule has 2 rings (SSSR count). The van der Waals surface area contributed by atoms with E-state index in [0.29, 0.717) is 6.54 Å². The van der Waals surface area contributed by atoms with Gasteiger partial charge in [-0.15, -0.1) is 0 Å². The minimum Gasteiger partial charge on any atom is -0.337 e. The molecule has 0 heterocycles. The van der Waals surface area contributed by atoms with Crippen molar-refractivity contribution in [3.05, 3.63) is 65.5 Å². The maximum Gasteiger partial charge on any atom is 0.253 e. The molecule has 0 radical (unpaired) electrons. The van der Waals surface area contributed by atoms with Crippen LogP contribution in [0.2, 0.25) is 0 Å². The summed E-state index contributed by atoms with van der Waals surface area (Å²) in [6, 6.07) is 12.4. The van der Waals surface area contributed by atoms with E-state index in [4.69, 9.17) is 0 Å². The zero-order valence-electron chi connectivity index (χ0n) is 14.4. The first kappa shape index (κ1) is 19.1. The van der Waals surface area contributed by atoms with Crippen LogP contribution in [0.15, 0.2) is 53.4 Å². The highest BCUT2D eigenvalue weighted by atomic mass is 32.2. The molecular formula is C18H21FN2O3S. The summed E-state index contributed by atoms with van der Waals surface area (Å²) in [6.07, 6.45) is 0. The fourth-order valence-electron chi connectivity index (χ4n) is 2.37. The Hall–Kier alpha value is -2.25. The summed E-state index contributed by atoms with van der Waals surface area (Å²) < 4.78 is 40.7. The fourth-order valence-corrected chi connectivity index (χ4v) is 3.72. The predicted molar refractivity (Wildman–Crippen MR) is 94.1 cm³/mol. The van der Waals surface area contributed by atoms with Crippen molar-refractivity contribution in [3.8, 4) is 0 Å². The Morgan fingerprint density at radius 3 is 2.40 bits per heavy atom. The van der Waals surface area contributed by atoms with Crippen LogP contribution in [-0.4, -0.2) is 32.3 Å². The molecule has 0 spiro atoms. The Labute approximate surface area is 147 Å². The predicted octanol–water partition coefficient (Wildman–Crippen LogP) is 2.78. The summed E-state index contributed by atoms with van der Waals surface area (Å²) in [5.41, 5.74) is 1.05. The average molecular weight is 364 g/mol. The lowest BCUT2D eigenvalue weighted by molar-refractivity contribution is 0.0784. The van der Waals surface area contributed by atoms with Crippen LogP contribution in [0, 0.1) is 5.82 Å². The summed E-state index contributed by atoms with van der Waals surface area (Å²) in [4.78, 5) is 13.5. The van der Waals surface area contributed by atoms with Crippen molar-refractivity contribution in [3.63, 3.8) is 0 Å². The number of benzene rings is 2. The van der Waals surface area contributed by atoms with Gasteiger partial charge in [-0.1, -0.05) is 30.3 Å². The van der Waals surface area contributed by atoms with E-state index in [2.05, 4.69) is 4.72 Å².